The lowest BCUT2D eigenvalue weighted by Gasteiger charge is -2.06. The molecule has 0 atom stereocenters. The van der Waals surface area contributed by atoms with Crippen molar-refractivity contribution in [3.8, 4) is 11.4 Å². The van der Waals surface area contributed by atoms with Crippen molar-refractivity contribution < 1.29 is 0 Å². The van der Waals surface area contributed by atoms with Gasteiger partial charge in [-0.15, -0.1) is 0 Å². The van der Waals surface area contributed by atoms with Crippen molar-refractivity contribution in [3.05, 3.63) is 41.1 Å². The number of fused-ring (bicyclic) bond motifs is 1. The number of hydrogen-bond donors (Lipinski definition) is 1. The highest BCUT2D eigenvalue weighted by atomic mass is 79.9. The minimum Gasteiger partial charge on any atom is -0.399 e. The van der Waals surface area contributed by atoms with Crippen molar-refractivity contribution in [2.75, 3.05) is 5.73 Å². The van der Waals surface area contributed by atoms with Crippen LogP contribution in [0.5, 0.6) is 0 Å². The van der Waals surface area contributed by atoms with Crippen LogP contribution in [0.25, 0.3) is 22.4 Å². The van der Waals surface area contributed by atoms with E-state index in [4.69, 9.17) is 5.73 Å². The third-order valence-electron chi connectivity index (χ3n) is 2.91. The van der Waals surface area contributed by atoms with Crippen molar-refractivity contribution >= 4 is 32.7 Å². The Kier molecular flexibility index (Phi) is 2.56. The number of nitrogens with zero attached hydrogens (tertiary/aromatic N) is 3. The molecule has 2 heterocycles. The molecule has 4 nitrogen and oxygen atoms in total. The van der Waals surface area contributed by atoms with Crippen LogP contribution in [0.4, 0.5) is 5.69 Å². The van der Waals surface area contributed by atoms with Gasteiger partial charge in [0.15, 0.2) is 0 Å². The van der Waals surface area contributed by atoms with Crippen molar-refractivity contribution in [2.45, 2.75) is 0 Å². The van der Waals surface area contributed by atoms with Gasteiger partial charge in [-0.2, -0.15) is 0 Å². The molecule has 2 aromatic heterocycles. The smallest absolute Gasteiger partial charge is 0.142 e. The summed E-state index contributed by atoms with van der Waals surface area (Å²) in [5, 5.41) is 0. The summed E-state index contributed by atoms with van der Waals surface area (Å²) >= 11 is 3.53. The average Bonchev–Trinajstić information content (AvgIpc) is 2.71. The van der Waals surface area contributed by atoms with E-state index in [0.29, 0.717) is 0 Å². The number of pyridine rings is 1. The Morgan fingerprint density at radius 2 is 2.11 bits per heavy atom. The van der Waals surface area contributed by atoms with Gasteiger partial charge in [-0.25, -0.2) is 4.98 Å². The molecule has 0 saturated carbocycles. The molecular weight excluding hydrogens is 292 g/mol. The predicted molar refractivity (Wildman–Crippen MR) is 76.1 cm³/mol. The first kappa shape index (κ1) is 11.2. The molecule has 0 fully saturated rings. The zero-order chi connectivity index (χ0) is 12.7. The third-order valence-corrected chi connectivity index (χ3v) is 3.61. The predicted octanol–water partition coefficient (Wildman–Crippen LogP) is 2.98. The van der Waals surface area contributed by atoms with Gasteiger partial charge in [-0.05, 0) is 24.3 Å². The summed E-state index contributed by atoms with van der Waals surface area (Å²) in [4.78, 5) is 8.69. The molecule has 1 aromatic carbocycles. The van der Waals surface area contributed by atoms with E-state index in [1.165, 1.54) is 0 Å². The summed E-state index contributed by atoms with van der Waals surface area (Å²) in [5.74, 6) is 0.872. The summed E-state index contributed by atoms with van der Waals surface area (Å²) < 4.78 is 3.01. The highest BCUT2D eigenvalue weighted by molar-refractivity contribution is 9.10. The summed E-state index contributed by atoms with van der Waals surface area (Å²) in [6.07, 6.45) is 3.53. The first-order chi connectivity index (χ1) is 8.66. The maximum atomic E-state index is 5.84. The zero-order valence-corrected chi connectivity index (χ0v) is 11.3. The molecule has 18 heavy (non-hydrogen) atoms. The van der Waals surface area contributed by atoms with E-state index in [9.17, 15) is 0 Å². The number of nitrogen functional groups attached to an aromatic ring is 1. The van der Waals surface area contributed by atoms with Gasteiger partial charge in [0.1, 0.15) is 11.3 Å². The number of nitrogens with two attached hydrogens (primary N) is 1. The Morgan fingerprint density at radius 3 is 2.89 bits per heavy atom. The van der Waals surface area contributed by atoms with E-state index >= 15 is 0 Å². The first-order valence-electron chi connectivity index (χ1n) is 5.48. The van der Waals surface area contributed by atoms with Crippen LogP contribution in [0.1, 0.15) is 0 Å². The van der Waals surface area contributed by atoms with E-state index in [1.54, 1.807) is 12.4 Å². The number of imidazole rings is 1. The molecular formula is C13H11BrN4. The molecule has 5 heteroatoms. The molecule has 0 bridgehead atoms. The summed E-state index contributed by atoms with van der Waals surface area (Å²) in [5.41, 5.74) is 9.47. The van der Waals surface area contributed by atoms with Gasteiger partial charge in [-0.3, -0.25) is 4.98 Å². The van der Waals surface area contributed by atoms with Crippen LogP contribution < -0.4 is 5.73 Å². The van der Waals surface area contributed by atoms with Crippen molar-refractivity contribution in [1.82, 2.24) is 14.5 Å². The minimum atomic E-state index is 0.721. The first-order valence-corrected chi connectivity index (χ1v) is 6.28. The van der Waals surface area contributed by atoms with E-state index in [-0.39, 0.29) is 0 Å². The average molecular weight is 303 g/mol. The third kappa shape index (κ3) is 1.67. The Labute approximate surface area is 113 Å². The van der Waals surface area contributed by atoms with E-state index < -0.39 is 0 Å². The monoisotopic (exact) mass is 302 g/mol. The maximum Gasteiger partial charge on any atom is 0.142 e. The van der Waals surface area contributed by atoms with Crippen molar-refractivity contribution in [1.29, 1.82) is 0 Å². The molecule has 3 rings (SSSR count). The number of halogens is 1. The van der Waals surface area contributed by atoms with Crippen LogP contribution in [-0.2, 0) is 7.05 Å². The largest absolute Gasteiger partial charge is 0.399 e. The van der Waals surface area contributed by atoms with E-state index in [1.807, 2.05) is 35.9 Å². The zero-order valence-electron chi connectivity index (χ0n) is 9.76. The molecule has 0 amide bonds. The Bertz CT molecular complexity index is 733. The second-order valence-corrected chi connectivity index (χ2v) is 4.95. The number of aryl methyl sites for hydroxylation is 1. The lowest BCUT2D eigenvalue weighted by Crippen LogP contribution is -1.94. The van der Waals surface area contributed by atoms with Crippen molar-refractivity contribution in [2.24, 2.45) is 7.05 Å². The fourth-order valence-electron chi connectivity index (χ4n) is 2.01. The maximum absolute atomic E-state index is 5.84. The fraction of sp³-hybridized carbons (Fsp3) is 0.0769. The summed E-state index contributed by atoms with van der Waals surface area (Å²) in [7, 11) is 1.99. The van der Waals surface area contributed by atoms with Crippen LogP contribution in [0.2, 0.25) is 0 Å². The molecule has 90 valence electrons. The van der Waals surface area contributed by atoms with Crippen LogP contribution in [0, 0.1) is 0 Å². The van der Waals surface area contributed by atoms with Crippen LogP contribution in [0.3, 0.4) is 0 Å². The topological polar surface area (TPSA) is 56.7 Å². The molecule has 0 radical (unpaired) electrons. The van der Waals surface area contributed by atoms with Gasteiger partial charge in [0.2, 0.25) is 0 Å². The highest BCUT2D eigenvalue weighted by Crippen LogP contribution is 2.31. The standard InChI is InChI=1S/C13H11BrN4/c1-18-12-4-5-16-7-11(12)17-13(18)9-6-8(15)2-3-10(9)14/h2-7H,15H2,1H3. The van der Waals surface area contributed by atoms with Gasteiger partial charge in [-0.1, -0.05) is 15.9 Å². The Hall–Kier alpha value is -1.88. The number of aromatic nitrogens is 3. The molecule has 0 spiro atoms. The lowest BCUT2D eigenvalue weighted by molar-refractivity contribution is 0.958. The van der Waals surface area contributed by atoms with Gasteiger partial charge >= 0.3 is 0 Å². The van der Waals surface area contributed by atoms with E-state index in [2.05, 4.69) is 25.9 Å². The van der Waals surface area contributed by atoms with Gasteiger partial charge < -0.3 is 10.3 Å². The van der Waals surface area contributed by atoms with Crippen molar-refractivity contribution in [3.63, 3.8) is 0 Å². The molecule has 3 aromatic rings. The Balaban J connectivity index is 2.31. The second-order valence-electron chi connectivity index (χ2n) is 4.10. The van der Waals surface area contributed by atoms with Crippen LogP contribution in [-0.4, -0.2) is 14.5 Å². The quantitative estimate of drug-likeness (QED) is 0.703. The van der Waals surface area contributed by atoms with Crippen LogP contribution in [0.15, 0.2) is 41.1 Å². The van der Waals surface area contributed by atoms with Gasteiger partial charge in [0.05, 0.1) is 11.7 Å². The SMILES string of the molecule is Cn1c(-c2cc(N)ccc2Br)nc2cnccc21. The highest BCUT2D eigenvalue weighted by Gasteiger charge is 2.12. The summed E-state index contributed by atoms with van der Waals surface area (Å²) in [6.45, 7) is 0. The molecule has 0 unspecified atom stereocenters. The number of hydrogen-bond acceptors (Lipinski definition) is 3. The summed E-state index contributed by atoms with van der Waals surface area (Å²) in [6, 6.07) is 7.66. The molecule has 0 saturated heterocycles. The van der Waals surface area contributed by atoms with Gasteiger partial charge in [0.25, 0.3) is 0 Å². The van der Waals surface area contributed by atoms with Crippen LogP contribution >= 0.6 is 15.9 Å². The minimum absolute atomic E-state index is 0.721. The molecule has 0 aliphatic heterocycles. The fourth-order valence-corrected chi connectivity index (χ4v) is 2.43. The Morgan fingerprint density at radius 1 is 1.28 bits per heavy atom. The number of benzene rings is 1. The second kappa shape index (κ2) is 4.10. The molecule has 0 aliphatic carbocycles. The molecule has 0 aliphatic rings. The van der Waals surface area contributed by atoms with E-state index in [0.717, 1.165) is 32.6 Å². The lowest BCUT2D eigenvalue weighted by atomic mass is 10.2. The normalized spacial score (nSPS) is 11.0. The number of rotatable bonds is 1. The van der Waals surface area contributed by atoms with Gasteiger partial charge in [0, 0.05) is 29.0 Å². The number of anilines is 1. The molecule has 2 N–H and O–H groups in total.